The summed E-state index contributed by atoms with van der Waals surface area (Å²) in [6.07, 6.45) is 1.83. The van der Waals surface area contributed by atoms with Crippen LogP contribution in [-0.2, 0) is 14.3 Å². The summed E-state index contributed by atoms with van der Waals surface area (Å²) in [6.45, 7) is 3.60. The Morgan fingerprint density at radius 2 is 1.95 bits per heavy atom. The van der Waals surface area contributed by atoms with Crippen LogP contribution in [0.3, 0.4) is 0 Å². The lowest BCUT2D eigenvalue weighted by molar-refractivity contribution is -0.162. The molecule has 0 aliphatic carbocycles. The predicted octanol–water partition coefficient (Wildman–Crippen LogP) is 2.55. The van der Waals surface area contributed by atoms with Crippen molar-refractivity contribution >= 4 is 28.7 Å². The highest BCUT2D eigenvalue weighted by Gasteiger charge is 2.29. The first kappa shape index (κ1) is 15.3. The van der Waals surface area contributed by atoms with Crippen molar-refractivity contribution in [2.45, 2.75) is 18.1 Å². The number of rotatable bonds is 4. The molecule has 2 rings (SSSR count). The summed E-state index contributed by atoms with van der Waals surface area (Å²) in [5.74, 6) is -0.231. The van der Waals surface area contributed by atoms with Gasteiger partial charge in [-0.15, -0.1) is 11.8 Å². The summed E-state index contributed by atoms with van der Waals surface area (Å²) in [5.41, 5.74) is 0.882. The van der Waals surface area contributed by atoms with Crippen LogP contribution in [0.1, 0.15) is 18.4 Å². The fourth-order valence-corrected chi connectivity index (χ4v) is 3.05. The lowest BCUT2D eigenvalue weighted by atomic mass is 10.2. The van der Waals surface area contributed by atoms with Crippen LogP contribution in [0, 0.1) is 0 Å². The zero-order valence-electron chi connectivity index (χ0n) is 11.6. The third-order valence-electron chi connectivity index (χ3n) is 2.84. The Bertz CT molecular complexity index is 564. The number of cyclic esters (lactones) is 2. The molecule has 0 radical (unpaired) electrons. The first-order chi connectivity index (χ1) is 10.1. The summed E-state index contributed by atoms with van der Waals surface area (Å²) in [7, 11) is 1.60. The molecule has 1 aliphatic heterocycles. The fraction of sp³-hybridized carbons (Fsp3) is 0.267. The van der Waals surface area contributed by atoms with Crippen molar-refractivity contribution in [3.8, 4) is 5.75 Å². The third-order valence-corrected chi connectivity index (χ3v) is 4.07. The van der Waals surface area contributed by atoms with Gasteiger partial charge >= 0.3 is 11.9 Å². The molecule has 0 unspecified atom stereocenters. The Balaban J connectivity index is 2.15. The van der Waals surface area contributed by atoms with Crippen LogP contribution in [-0.4, -0.2) is 29.3 Å². The van der Waals surface area contributed by atoms with Gasteiger partial charge in [-0.1, -0.05) is 6.58 Å². The topological polar surface area (TPSA) is 65.0 Å². The largest absolute Gasteiger partial charge is 0.497 e. The van der Waals surface area contributed by atoms with Crippen LogP contribution in [0.4, 0.5) is 0 Å². The van der Waals surface area contributed by atoms with Crippen molar-refractivity contribution in [3.63, 3.8) is 0 Å². The summed E-state index contributed by atoms with van der Waals surface area (Å²) in [4.78, 5) is 26.9. The normalized spacial score (nSPS) is 16.5. The van der Waals surface area contributed by atoms with E-state index in [1.165, 1.54) is 18.0 Å². The Kier molecular flexibility index (Phi) is 5.16. The molecule has 1 aromatic carbocycles. The van der Waals surface area contributed by atoms with E-state index in [0.29, 0.717) is 5.04 Å². The second-order valence-electron chi connectivity index (χ2n) is 4.34. The molecule has 1 fully saturated rings. The average molecular weight is 305 g/mol. The summed E-state index contributed by atoms with van der Waals surface area (Å²) in [6, 6.07) is 7.40. The first-order valence-electron chi connectivity index (χ1n) is 6.35. The van der Waals surface area contributed by atoms with E-state index in [4.69, 9.17) is 4.74 Å². The van der Waals surface area contributed by atoms with Gasteiger partial charge in [0, 0.05) is 17.0 Å². The van der Waals surface area contributed by atoms with Crippen LogP contribution in [0.25, 0.3) is 0 Å². The zero-order valence-corrected chi connectivity index (χ0v) is 12.4. The highest BCUT2D eigenvalue weighted by atomic mass is 32.2. The Morgan fingerprint density at radius 1 is 1.33 bits per heavy atom. The monoisotopic (exact) mass is 305 g/mol. The van der Waals surface area contributed by atoms with Gasteiger partial charge < -0.3 is 9.47 Å². The number of carbonyl (C=O) groups is 2. The van der Waals surface area contributed by atoms with Gasteiger partial charge in [0.05, 0.1) is 20.0 Å². The van der Waals surface area contributed by atoms with Gasteiger partial charge in [0.1, 0.15) is 10.8 Å². The highest BCUT2D eigenvalue weighted by Crippen LogP contribution is 2.28. The molecule has 6 heteroatoms. The van der Waals surface area contributed by atoms with Gasteiger partial charge in [0.25, 0.3) is 0 Å². The van der Waals surface area contributed by atoms with Gasteiger partial charge in [-0.2, -0.15) is 0 Å². The molecule has 0 atom stereocenters. The van der Waals surface area contributed by atoms with E-state index < -0.39 is 11.9 Å². The third kappa shape index (κ3) is 4.19. The second kappa shape index (κ2) is 7.08. The van der Waals surface area contributed by atoms with Crippen LogP contribution in [0.2, 0.25) is 0 Å². The number of benzene rings is 1. The lowest BCUT2D eigenvalue weighted by Gasteiger charge is -2.19. The van der Waals surface area contributed by atoms with Crippen LogP contribution < -0.4 is 4.74 Å². The first-order valence-corrected chi connectivity index (χ1v) is 7.23. The van der Waals surface area contributed by atoms with Gasteiger partial charge in [-0.3, -0.25) is 9.59 Å². The van der Waals surface area contributed by atoms with Crippen molar-refractivity contribution in [3.05, 3.63) is 42.6 Å². The van der Waals surface area contributed by atoms with E-state index in [1.54, 1.807) is 7.11 Å². The standard InChI is InChI=1S/C15H15NO4S/c1-3-16-15(10-4-6-11(19-2)7-5-10)21-12-8-13(17)20-14(18)9-12/h3-7,12H,1,8-9H2,2H3. The Labute approximate surface area is 127 Å². The maximum atomic E-state index is 11.3. The summed E-state index contributed by atoms with van der Waals surface area (Å²) in [5, 5.41) is 0.541. The lowest BCUT2D eigenvalue weighted by Crippen LogP contribution is -2.28. The SMILES string of the molecule is C=CN=C(SC1CC(=O)OC(=O)C1)c1ccc(OC)cc1. The molecule has 1 aromatic rings. The molecule has 1 heterocycles. The maximum absolute atomic E-state index is 11.3. The number of hydrogen-bond donors (Lipinski definition) is 0. The predicted molar refractivity (Wildman–Crippen MR) is 81.4 cm³/mol. The van der Waals surface area contributed by atoms with Gasteiger partial charge in [-0.25, -0.2) is 4.99 Å². The van der Waals surface area contributed by atoms with Crippen molar-refractivity contribution in [2.24, 2.45) is 4.99 Å². The average Bonchev–Trinajstić information content (AvgIpc) is 2.46. The maximum Gasteiger partial charge on any atom is 0.314 e. The molecule has 1 aliphatic rings. The molecule has 0 aromatic heterocycles. The Hall–Kier alpha value is -2.08. The van der Waals surface area contributed by atoms with E-state index in [-0.39, 0.29) is 18.1 Å². The minimum Gasteiger partial charge on any atom is -0.497 e. The quantitative estimate of drug-likeness (QED) is 0.370. The van der Waals surface area contributed by atoms with E-state index in [1.807, 2.05) is 24.3 Å². The number of ether oxygens (including phenoxy) is 2. The smallest absolute Gasteiger partial charge is 0.314 e. The van der Waals surface area contributed by atoms with Crippen LogP contribution >= 0.6 is 11.8 Å². The van der Waals surface area contributed by atoms with Gasteiger partial charge in [0.15, 0.2) is 0 Å². The van der Waals surface area contributed by atoms with Gasteiger partial charge in [0.2, 0.25) is 0 Å². The van der Waals surface area contributed by atoms with Crippen LogP contribution in [0.5, 0.6) is 5.75 Å². The Morgan fingerprint density at radius 3 is 2.48 bits per heavy atom. The number of aliphatic imine (C=N–C) groups is 1. The summed E-state index contributed by atoms with van der Waals surface area (Å²) >= 11 is 1.38. The minimum atomic E-state index is -0.489. The van der Waals surface area contributed by atoms with Crippen molar-refractivity contribution < 1.29 is 19.1 Å². The molecular formula is C15H15NO4S. The molecular weight excluding hydrogens is 290 g/mol. The number of hydrogen-bond acceptors (Lipinski definition) is 6. The molecule has 0 amide bonds. The number of methoxy groups -OCH3 is 1. The van der Waals surface area contributed by atoms with Crippen LogP contribution in [0.15, 0.2) is 42.0 Å². The molecule has 0 spiro atoms. The molecule has 0 bridgehead atoms. The van der Waals surface area contributed by atoms with E-state index in [9.17, 15) is 9.59 Å². The fourth-order valence-electron chi connectivity index (χ4n) is 1.88. The summed E-state index contributed by atoms with van der Waals surface area (Å²) < 4.78 is 9.64. The van der Waals surface area contributed by atoms with Crippen molar-refractivity contribution in [1.29, 1.82) is 0 Å². The zero-order chi connectivity index (χ0) is 15.2. The van der Waals surface area contributed by atoms with E-state index >= 15 is 0 Å². The molecule has 5 nitrogen and oxygen atoms in total. The number of thioether (sulfide) groups is 1. The van der Waals surface area contributed by atoms with Crippen molar-refractivity contribution in [1.82, 2.24) is 0 Å². The van der Waals surface area contributed by atoms with Gasteiger partial charge in [-0.05, 0) is 24.3 Å². The second-order valence-corrected chi connectivity index (χ2v) is 5.63. The molecule has 0 saturated carbocycles. The molecule has 21 heavy (non-hydrogen) atoms. The molecule has 1 saturated heterocycles. The van der Waals surface area contributed by atoms with E-state index in [2.05, 4.69) is 16.3 Å². The number of esters is 2. The number of nitrogens with zero attached hydrogens (tertiary/aromatic N) is 1. The highest BCUT2D eigenvalue weighted by molar-refractivity contribution is 8.15. The molecule has 110 valence electrons. The van der Waals surface area contributed by atoms with Crippen molar-refractivity contribution in [2.75, 3.05) is 7.11 Å². The number of carbonyl (C=O) groups excluding carboxylic acids is 2. The minimum absolute atomic E-state index is 0.167. The molecule has 0 N–H and O–H groups in total. The van der Waals surface area contributed by atoms with E-state index in [0.717, 1.165) is 11.3 Å².